The summed E-state index contributed by atoms with van der Waals surface area (Å²) in [5, 5.41) is 0. The van der Waals surface area contributed by atoms with E-state index in [1.165, 1.54) is 11.1 Å². The molecule has 1 fully saturated rings. The monoisotopic (exact) mass is 548 g/mol. The Hall–Kier alpha value is 1.62. The van der Waals surface area contributed by atoms with Gasteiger partial charge >= 0.3 is 0 Å². The molecule has 3 aliphatic carbocycles. The van der Waals surface area contributed by atoms with Crippen molar-refractivity contribution in [2.24, 2.45) is 0 Å². The van der Waals surface area contributed by atoms with Crippen LogP contribution < -0.4 is 0 Å². The number of halogens is 5. The summed E-state index contributed by atoms with van der Waals surface area (Å²) in [4.78, 5) is 1.25. The molecular formula is C12H9Br5. The highest BCUT2D eigenvalue weighted by Crippen LogP contribution is 2.65. The second-order valence-corrected chi connectivity index (χ2v) is 11.4. The number of hydrogen-bond donors (Lipinski definition) is 0. The Bertz CT molecular complexity index is 458. The Labute approximate surface area is 143 Å². The van der Waals surface area contributed by atoms with Crippen molar-refractivity contribution >= 4 is 79.6 Å². The Morgan fingerprint density at radius 1 is 0.882 bits per heavy atom. The molecule has 0 N–H and O–H groups in total. The van der Waals surface area contributed by atoms with Crippen LogP contribution in [0.5, 0.6) is 0 Å². The van der Waals surface area contributed by atoms with E-state index in [0.29, 0.717) is 26.3 Å². The van der Waals surface area contributed by atoms with Crippen LogP contribution in [0.3, 0.4) is 0 Å². The molecule has 0 heterocycles. The Balaban J connectivity index is 2.25. The average molecular weight is 553 g/mol. The first-order valence-electron chi connectivity index (χ1n) is 5.35. The van der Waals surface area contributed by atoms with Gasteiger partial charge in [-0.3, -0.25) is 0 Å². The first-order chi connectivity index (χ1) is 7.96. The lowest BCUT2D eigenvalue weighted by atomic mass is 9.66. The lowest BCUT2D eigenvalue weighted by molar-refractivity contribution is 0.402. The molecule has 5 atom stereocenters. The van der Waals surface area contributed by atoms with Gasteiger partial charge in [0.25, 0.3) is 0 Å². The molecule has 1 aromatic rings. The molecular weight excluding hydrogens is 544 g/mol. The van der Waals surface area contributed by atoms with Crippen molar-refractivity contribution in [1.82, 2.24) is 0 Å². The topological polar surface area (TPSA) is 0 Å². The molecule has 3 aliphatic rings. The van der Waals surface area contributed by atoms with Crippen LogP contribution in [0.4, 0.5) is 0 Å². The first-order valence-corrected chi connectivity index (χ1v) is 9.68. The van der Waals surface area contributed by atoms with Gasteiger partial charge < -0.3 is 0 Å². The van der Waals surface area contributed by atoms with Gasteiger partial charge in [-0.05, 0) is 11.1 Å². The zero-order valence-electron chi connectivity index (χ0n) is 8.59. The lowest BCUT2D eigenvalue weighted by Gasteiger charge is -2.55. The third-order valence-electron chi connectivity index (χ3n) is 3.75. The van der Waals surface area contributed by atoms with Crippen LogP contribution in [-0.4, -0.2) is 17.7 Å². The fourth-order valence-corrected chi connectivity index (χ4v) is 8.55. The molecule has 0 unspecified atom stereocenters. The van der Waals surface area contributed by atoms with E-state index in [-0.39, 0.29) is 3.23 Å². The Morgan fingerprint density at radius 3 is 2.12 bits per heavy atom. The van der Waals surface area contributed by atoms with Crippen molar-refractivity contribution in [1.29, 1.82) is 0 Å². The third-order valence-corrected chi connectivity index (χ3v) is 11.2. The second kappa shape index (κ2) is 4.57. The van der Waals surface area contributed by atoms with Crippen LogP contribution in [0.25, 0.3) is 0 Å². The largest absolute Gasteiger partial charge is 0.101 e. The highest BCUT2D eigenvalue weighted by molar-refractivity contribution is 9.26. The minimum atomic E-state index is -0.0859. The van der Waals surface area contributed by atoms with E-state index >= 15 is 0 Å². The minimum absolute atomic E-state index is 0.0859. The van der Waals surface area contributed by atoms with Crippen LogP contribution in [-0.2, 0) is 0 Å². The third kappa shape index (κ3) is 1.82. The average Bonchev–Trinajstić information content (AvgIpc) is 2.28. The van der Waals surface area contributed by atoms with Gasteiger partial charge in [0.1, 0.15) is 3.23 Å². The first kappa shape index (κ1) is 13.6. The molecule has 0 aliphatic heterocycles. The van der Waals surface area contributed by atoms with Crippen molar-refractivity contribution in [3.63, 3.8) is 0 Å². The van der Waals surface area contributed by atoms with E-state index in [1.54, 1.807) is 0 Å². The smallest absolute Gasteiger partial charge is 0.0871 e. The summed E-state index contributed by atoms with van der Waals surface area (Å²) < 4.78 is -0.0859. The van der Waals surface area contributed by atoms with Crippen LogP contribution in [0.1, 0.15) is 23.0 Å². The van der Waals surface area contributed by atoms with Crippen LogP contribution in [0.15, 0.2) is 24.3 Å². The lowest BCUT2D eigenvalue weighted by Crippen LogP contribution is -2.56. The predicted octanol–water partition coefficient (Wildman–Crippen LogP) is 5.66. The van der Waals surface area contributed by atoms with Crippen LogP contribution in [0.2, 0.25) is 0 Å². The molecule has 5 heteroatoms. The fraction of sp³-hybridized carbons (Fsp3) is 0.500. The van der Waals surface area contributed by atoms with Crippen molar-refractivity contribution in [3.8, 4) is 0 Å². The summed E-state index contributed by atoms with van der Waals surface area (Å²) in [7, 11) is 0. The van der Waals surface area contributed by atoms with E-state index in [4.69, 9.17) is 0 Å². The molecule has 4 rings (SSSR count). The molecule has 1 saturated carbocycles. The van der Waals surface area contributed by atoms with E-state index in [1.807, 2.05) is 0 Å². The molecule has 0 aromatic heterocycles. The number of fused-ring (bicyclic) bond motifs is 2. The summed E-state index contributed by atoms with van der Waals surface area (Å²) in [6, 6.07) is 8.76. The van der Waals surface area contributed by atoms with Gasteiger partial charge in [-0.25, -0.2) is 0 Å². The molecule has 1 aromatic carbocycles. The van der Waals surface area contributed by atoms with Crippen molar-refractivity contribution in [2.75, 3.05) is 0 Å². The predicted molar refractivity (Wildman–Crippen MR) is 90.7 cm³/mol. The van der Waals surface area contributed by atoms with Gasteiger partial charge in [0.2, 0.25) is 0 Å². The Kier molecular flexibility index (Phi) is 3.66. The minimum Gasteiger partial charge on any atom is -0.0871 e. The van der Waals surface area contributed by atoms with Crippen molar-refractivity contribution < 1.29 is 0 Å². The number of benzene rings is 1. The summed E-state index contributed by atoms with van der Waals surface area (Å²) in [6.45, 7) is 0. The molecule has 92 valence electrons. The quantitative estimate of drug-likeness (QED) is 0.365. The zero-order chi connectivity index (χ0) is 12.4. The van der Waals surface area contributed by atoms with Crippen LogP contribution in [0, 0.1) is 0 Å². The van der Waals surface area contributed by atoms with Gasteiger partial charge in [0.15, 0.2) is 0 Å². The molecule has 0 amide bonds. The van der Waals surface area contributed by atoms with E-state index < -0.39 is 0 Å². The van der Waals surface area contributed by atoms with E-state index in [0.717, 1.165) is 0 Å². The van der Waals surface area contributed by atoms with Gasteiger partial charge in [0.05, 0.1) is 0 Å². The summed E-state index contributed by atoms with van der Waals surface area (Å²) in [5.41, 5.74) is 2.91. The van der Waals surface area contributed by atoms with Gasteiger partial charge in [-0.15, -0.1) is 0 Å². The number of alkyl halides is 5. The number of rotatable bonds is 0. The van der Waals surface area contributed by atoms with Gasteiger partial charge in [-0.1, -0.05) is 104 Å². The standard InChI is InChI=1S/C12H9Br5/c13-9-7-5-3-1-2-4-6(5)8(10(9)14)12(16,17)11(7)15/h1-4,7-11H/t7-,8+,9+,10-,11+/m1/s1. The summed E-state index contributed by atoms with van der Waals surface area (Å²) >= 11 is 19.3. The highest BCUT2D eigenvalue weighted by atomic mass is 79.9. The second-order valence-electron chi connectivity index (χ2n) is 4.60. The maximum absolute atomic E-state index is 3.87. The highest BCUT2D eigenvalue weighted by Gasteiger charge is 2.60. The molecule has 0 nitrogen and oxygen atoms in total. The van der Waals surface area contributed by atoms with Crippen molar-refractivity contribution in [2.45, 2.75) is 29.6 Å². The zero-order valence-corrected chi connectivity index (χ0v) is 16.5. The maximum Gasteiger partial charge on any atom is 0.101 e. The van der Waals surface area contributed by atoms with Crippen LogP contribution >= 0.6 is 79.6 Å². The van der Waals surface area contributed by atoms with E-state index in [2.05, 4.69) is 104 Å². The van der Waals surface area contributed by atoms with E-state index in [9.17, 15) is 0 Å². The maximum atomic E-state index is 3.87. The molecule has 0 radical (unpaired) electrons. The summed E-state index contributed by atoms with van der Waals surface area (Å²) in [6.07, 6.45) is 0. The Morgan fingerprint density at radius 2 is 1.47 bits per heavy atom. The van der Waals surface area contributed by atoms with Gasteiger partial charge in [0, 0.05) is 26.3 Å². The van der Waals surface area contributed by atoms with Crippen molar-refractivity contribution in [3.05, 3.63) is 35.4 Å². The molecule has 17 heavy (non-hydrogen) atoms. The fourth-order valence-electron chi connectivity index (χ4n) is 2.97. The van der Waals surface area contributed by atoms with Gasteiger partial charge in [-0.2, -0.15) is 0 Å². The molecule has 0 spiro atoms. The number of hydrogen-bond acceptors (Lipinski definition) is 0. The SMILES string of the molecule is Br[C@@H]1[C@H](Br)[C@@H]2c3ccccc3[C@H]1[C@H](Br)C2(Br)Br. The molecule has 0 saturated heterocycles. The molecule has 2 bridgehead atoms. The summed E-state index contributed by atoms with van der Waals surface area (Å²) in [5.74, 6) is 0.858. The normalized spacial score (nSPS) is 42.3.